The first-order chi connectivity index (χ1) is 5.56. The van der Waals surface area contributed by atoms with Crippen LogP contribution in [0.5, 0.6) is 0 Å². The summed E-state index contributed by atoms with van der Waals surface area (Å²) < 4.78 is 0. The number of allylic oxidation sites excluding steroid dienone is 2. The van der Waals surface area contributed by atoms with Crippen LogP contribution in [0.15, 0.2) is 11.0 Å². The Morgan fingerprint density at radius 1 is 1.33 bits per heavy atom. The Kier molecular flexibility index (Phi) is 6.64. The molecule has 0 aromatic carbocycles. The fourth-order valence-electron chi connectivity index (χ4n) is 1.35. The van der Waals surface area contributed by atoms with Crippen molar-refractivity contribution >= 4 is 11.8 Å². The van der Waals surface area contributed by atoms with Gasteiger partial charge in [0.1, 0.15) is 0 Å². The predicted molar refractivity (Wildman–Crippen MR) is 60.5 cm³/mol. The minimum absolute atomic E-state index is 0.836. The predicted octanol–water partition coefficient (Wildman–Crippen LogP) is 4.33. The molecule has 0 saturated heterocycles. The molecule has 72 valence electrons. The van der Waals surface area contributed by atoms with Crippen LogP contribution in [-0.2, 0) is 0 Å². The van der Waals surface area contributed by atoms with Crippen LogP contribution >= 0.6 is 11.8 Å². The summed E-state index contributed by atoms with van der Waals surface area (Å²) >= 11 is 1.85. The maximum absolute atomic E-state index is 2.36. The molecule has 0 saturated carbocycles. The molecule has 0 radical (unpaired) electrons. The second-order valence-corrected chi connectivity index (χ2v) is 5.04. The van der Waals surface area contributed by atoms with Gasteiger partial charge in [-0.05, 0) is 42.8 Å². The van der Waals surface area contributed by atoms with Gasteiger partial charge in [-0.1, -0.05) is 26.8 Å². The molecule has 0 amide bonds. The zero-order valence-electron chi connectivity index (χ0n) is 9.05. The van der Waals surface area contributed by atoms with Crippen LogP contribution in [0, 0.1) is 11.8 Å². The molecule has 0 heterocycles. The first kappa shape index (κ1) is 12.1. The van der Waals surface area contributed by atoms with Crippen molar-refractivity contribution in [2.75, 3.05) is 6.26 Å². The summed E-state index contributed by atoms with van der Waals surface area (Å²) in [5.41, 5.74) is 0. The van der Waals surface area contributed by atoms with Crippen LogP contribution in [-0.4, -0.2) is 6.26 Å². The van der Waals surface area contributed by atoms with E-state index in [-0.39, 0.29) is 0 Å². The van der Waals surface area contributed by atoms with E-state index in [1.807, 2.05) is 11.8 Å². The monoisotopic (exact) mass is 186 g/mol. The van der Waals surface area contributed by atoms with Crippen LogP contribution < -0.4 is 0 Å². The lowest BCUT2D eigenvalue weighted by atomic mass is 9.96. The number of hydrogen-bond donors (Lipinski definition) is 0. The van der Waals surface area contributed by atoms with Crippen LogP contribution in [0.3, 0.4) is 0 Å². The first-order valence-electron chi connectivity index (χ1n) is 4.77. The van der Waals surface area contributed by atoms with Gasteiger partial charge in [0.15, 0.2) is 0 Å². The second-order valence-electron chi connectivity index (χ2n) is 3.99. The Hall–Kier alpha value is 0.0900. The Balaban J connectivity index is 3.62. The quantitative estimate of drug-likeness (QED) is 0.616. The van der Waals surface area contributed by atoms with Gasteiger partial charge in [0, 0.05) is 0 Å². The molecule has 0 aromatic heterocycles. The van der Waals surface area contributed by atoms with Gasteiger partial charge in [-0.25, -0.2) is 0 Å². The molecular weight excluding hydrogens is 164 g/mol. The van der Waals surface area contributed by atoms with Crippen molar-refractivity contribution in [2.24, 2.45) is 11.8 Å². The zero-order chi connectivity index (χ0) is 9.56. The summed E-state index contributed by atoms with van der Waals surface area (Å²) in [5, 5.41) is 0. The Morgan fingerprint density at radius 3 is 2.33 bits per heavy atom. The van der Waals surface area contributed by atoms with E-state index in [0.717, 1.165) is 11.8 Å². The third kappa shape index (κ3) is 6.78. The van der Waals surface area contributed by atoms with E-state index in [1.165, 1.54) is 17.7 Å². The number of hydrogen-bond acceptors (Lipinski definition) is 1. The van der Waals surface area contributed by atoms with E-state index in [4.69, 9.17) is 0 Å². The summed E-state index contributed by atoms with van der Waals surface area (Å²) in [5.74, 6) is 1.68. The molecule has 0 spiro atoms. The molecule has 0 aliphatic rings. The topological polar surface area (TPSA) is 0 Å². The maximum atomic E-state index is 2.36. The van der Waals surface area contributed by atoms with Crippen molar-refractivity contribution in [3.05, 3.63) is 11.0 Å². The molecule has 0 aliphatic heterocycles. The van der Waals surface area contributed by atoms with Gasteiger partial charge in [0.25, 0.3) is 0 Å². The van der Waals surface area contributed by atoms with E-state index >= 15 is 0 Å². The van der Waals surface area contributed by atoms with Crippen molar-refractivity contribution in [1.82, 2.24) is 0 Å². The molecule has 1 atom stereocenters. The Labute approximate surface area is 81.8 Å². The molecule has 1 unspecified atom stereocenters. The molecule has 0 nitrogen and oxygen atoms in total. The van der Waals surface area contributed by atoms with Gasteiger partial charge in [-0.15, -0.1) is 11.8 Å². The van der Waals surface area contributed by atoms with Gasteiger partial charge in [0.05, 0.1) is 0 Å². The van der Waals surface area contributed by atoms with Crippen molar-refractivity contribution in [3.63, 3.8) is 0 Å². The second kappa shape index (κ2) is 6.59. The largest absolute Gasteiger partial charge is 0.135 e. The highest BCUT2D eigenvalue weighted by Gasteiger charge is 2.02. The maximum Gasteiger partial charge on any atom is -0.0140 e. The highest BCUT2D eigenvalue weighted by Crippen LogP contribution is 2.18. The zero-order valence-corrected chi connectivity index (χ0v) is 9.87. The number of thioether (sulfide) groups is 1. The summed E-state index contributed by atoms with van der Waals surface area (Å²) in [6.45, 7) is 9.11. The molecule has 0 aromatic rings. The average molecular weight is 186 g/mol. The van der Waals surface area contributed by atoms with E-state index in [0.29, 0.717) is 0 Å². The van der Waals surface area contributed by atoms with Crippen molar-refractivity contribution < 1.29 is 0 Å². The van der Waals surface area contributed by atoms with Gasteiger partial charge in [-0.2, -0.15) is 0 Å². The van der Waals surface area contributed by atoms with Crippen LogP contribution in [0.4, 0.5) is 0 Å². The van der Waals surface area contributed by atoms with E-state index in [9.17, 15) is 0 Å². The van der Waals surface area contributed by atoms with Gasteiger partial charge in [-0.3, -0.25) is 0 Å². The van der Waals surface area contributed by atoms with Crippen LogP contribution in [0.25, 0.3) is 0 Å². The van der Waals surface area contributed by atoms with Crippen LogP contribution in [0.2, 0.25) is 0 Å². The van der Waals surface area contributed by atoms with Crippen molar-refractivity contribution in [1.29, 1.82) is 0 Å². The van der Waals surface area contributed by atoms with Gasteiger partial charge >= 0.3 is 0 Å². The Morgan fingerprint density at radius 2 is 1.92 bits per heavy atom. The standard InChI is InChI=1S/C11H22S/c1-9(2)8-10(3)6-7-11(4)12-5/h7,9-10H,6,8H2,1-5H3/b11-7-. The fraction of sp³-hybridized carbons (Fsp3) is 0.818. The van der Waals surface area contributed by atoms with Crippen molar-refractivity contribution in [2.45, 2.75) is 40.5 Å². The molecule has 0 rings (SSSR count). The lowest BCUT2D eigenvalue weighted by Crippen LogP contribution is -1.98. The molecule has 0 fully saturated rings. The van der Waals surface area contributed by atoms with Crippen LogP contribution in [0.1, 0.15) is 40.5 Å². The lowest BCUT2D eigenvalue weighted by molar-refractivity contribution is 0.442. The summed E-state index contributed by atoms with van der Waals surface area (Å²) in [6.07, 6.45) is 7.08. The summed E-state index contributed by atoms with van der Waals surface area (Å²) in [6, 6.07) is 0. The van der Waals surface area contributed by atoms with E-state index < -0.39 is 0 Å². The molecule has 0 N–H and O–H groups in total. The summed E-state index contributed by atoms with van der Waals surface area (Å²) in [7, 11) is 0. The smallest absolute Gasteiger partial charge is 0.0140 e. The molecule has 0 aliphatic carbocycles. The average Bonchev–Trinajstić information content (AvgIpc) is 1.99. The minimum atomic E-state index is 0.836. The fourth-order valence-corrected chi connectivity index (χ4v) is 1.61. The van der Waals surface area contributed by atoms with Gasteiger partial charge in [0.2, 0.25) is 0 Å². The highest BCUT2D eigenvalue weighted by atomic mass is 32.2. The normalized spacial score (nSPS) is 15.3. The number of rotatable bonds is 5. The molecule has 1 heteroatoms. The highest BCUT2D eigenvalue weighted by molar-refractivity contribution is 8.02. The molecule has 12 heavy (non-hydrogen) atoms. The SMILES string of the molecule is CS/C(C)=C\CC(C)CC(C)C. The van der Waals surface area contributed by atoms with Crippen molar-refractivity contribution in [3.8, 4) is 0 Å². The first-order valence-corrected chi connectivity index (χ1v) is 5.99. The molecule has 0 bridgehead atoms. The van der Waals surface area contributed by atoms with E-state index in [1.54, 1.807) is 0 Å². The third-order valence-electron chi connectivity index (χ3n) is 2.00. The minimum Gasteiger partial charge on any atom is -0.135 e. The Bertz CT molecular complexity index is 136. The van der Waals surface area contributed by atoms with E-state index in [2.05, 4.69) is 40.0 Å². The molecular formula is C11H22S. The van der Waals surface area contributed by atoms with Gasteiger partial charge < -0.3 is 0 Å². The third-order valence-corrected chi connectivity index (χ3v) is 2.81. The lowest BCUT2D eigenvalue weighted by Gasteiger charge is -2.11. The summed E-state index contributed by atoms with van der Waals surface area (Å²) in [4.78, 5) is 1.45.